The van der Waals surface area contributed by atoms with Crippen molar-refractivity contribution >= 4 is 17.3 Å². The van der Waals surface area contributed by atoms with E-state index >= 15 is 0 Å². The lowest BCUT2D eigenvalue weighted by Crippen LogP contribution is -2.57. The second kappa shape index (κ2) is 3.97. The van der Waals surface area contributed by atoms with Crippen LogP contribution in [0, 0.1) is 11.5 Å². The summed E-state index contributed by atoms with van der Waals surface area (Å²) in [7, 11) is 0. The third-order valence-electron chi connectivity index (χ3n) is 3.37. The lowest BCUT2D eigenvalue weighted by atomic mass is 9.94. The van der Waals surface area contributed by atoms with Gasteiger partial charge in [0.05, 0.1) is 17.8 Å². The second-order valence-corrected chi connectivity index (χ2v) is 4.80. The lowest BCUT2D eigenvalue weighted by Gasteiger charge is -2.48. The standard InChI is InChI=1S/C13H12ClN3/c14-10-1-3-12(4-2-10)17-13-7-5-11(6-8-13)16(17)9-15/h1-5,7,11,13H,6,8H2. The van der Waals surface area contributed by atoms with E-state index in [9.17, 15) is 5.26 Å². The summed E-state index contributed by atoms with van der Waals surface area (Å²) in [6.07, 6.45) is 8.75. The van der Waals surface area contributed by atoms with E-state index in [0.29, 0.717) is 6.04 Å². The Labute approximate surface area is 105 Å². The SMILES string of the molecule is N#CN1C2C=CC(CC2)N1c1ccc(Cl)cc1. The fourth-order valence-electron chi connectivity index (χ4n) is 2.55. The van der Waals surface area contributed by atoms with Gasteiger partial charge in [-0.25, -0.2) is 5.01 Å². The number of fused-ring (bicyclic) bond motifs is 2. The highest BCUT2D eigenvalue weighted by Crippen LogP contribution is 2.34. The maximum absolute atomic E-state index is 9.27. The maximum Gasteiger partial charge on any atom is 0.200 e. The average molecular weight is 246 g/mol. The minimum Gasteiger partial charge on any atom is -0.269 e. The average Bonchev–Trinajstić information content (AvgIpc) is 2.40. The summed E-state index contributed by atoms with van der Waals surface area (Å²) in [4.78, 5) is 0. The zero-order valence-electron chi connectivity index (χ0n) is 9.25. The molecule has 17 heavy (non-hydrogen) atoms. The Hall–Kier alpha value is -1.66. The van der Waals surface area contributed by atoms with E-state index < -0.39 is 0 Å². The molecule has 0 radical (unpaired) electrons. The van der Waals surface area contributed by atoms with E-state index in [1.165, 1.54) is 0 Å². The van der Waals surface area contributed by atoms with Crippen LogP contribution in [-0.4, -0.2) is 17.1 Å². The van der Waals surface area contributed by atoms with Crippen molar-refractivity contribution in [3.05, 3.63) is 41.4 Å². The molecule has 3 aliphatic rings. The van der Waals surface area contributed by atoms with Crippen molar-refractivity contribution in [3.8, 4) is 6.19 Å². The van der Waals surface area contributed by atoms with E-state index in [1.807, 2.05) is 24.3 Å². The smallest absolute Gasteiger partial charge is 0.200 e. The van der Waals surface area contributed by atoms with Crippen LogP contribution in [0.5, 0.6) is 0 Å². The molecule has 0 aromatic heterocycles. The minimum absolute atomic E-state index is 0.209. The van der Waals surface area contributed by atoms with Gasteiger partial charge in [0, 0.05) is 5.02 Å². The molecule has 0 saturated carbocycles. The molecule has 2 bridgehead atoms. The Morgan fingerprint density at radius 1 is 1.12 bits per heavy atom. The number of nitrogens with zero attached hydrogens (tertiary/aromatic N) is 3. The molecule has 1 aromatic carbocycles. The normalized spacial score (nSPS) is 26.1. The number of hydrogen-bond donors (Lipinski definition) is 0. The first-order valence-electron chi connectivity index (χ1n) is 5.71. The highest BCUT2D eigenvalue weighted by Gasteiger charge is 2.36. The fraction of sp³-hybridized carbons (Fsp3) is 0.308. The first-order chi connectivity index (χ1) is 8.29. The molecule has 1 aromatic rings. The van der Waals surface area contributed by atoms with Crippen LogP contribution in [0.2, 0.25) is 5.02 Å². The van der Waals surface area contributed by atoms with Crippen LogP contribution in [0.3, 0.4) is 0 Å². The lowest BCUT2D eigenvalue weighted by molar-refractivity contribution is 0.207. The molecule has 1 fully saturated rings. The Morgan fingerprint density at radius 3 is 2.35 bits per heavy atom. The Balaban J connectivity index is 1.99. The summed E-state index contributed by atoms with van der Waals surface area (Å²) in [5, 5.41) is 13.8. The molecule has 0 N–H and O–H groups in total. The Bertz CT molecular complexity index is 488. The van der Waals surface area contributed by atoms with Crippen LogP contribution in [0.15, 0.2) is 36.4 Å². The van der Waals surface area contributed by atoms with Gasteiger partial charge < -0.3 is 0 Å². The van der Waals surface area contributed by atoms with Crippen molar-refractivity contribution < 1.29 is 0 Å². The van der Waals surface area contributed by atoms with Gasteiger partial charge >= 0.3 is 0 Å². The maximum atomic E-state index is 9.27. The summed E-state index contributed by atoms with van der Waals surface area (Å²) >= 11 is 5.89. The highest BCUT2D eigenvalue weighted by atomic mass is 35.5. The van der Waals surface area contributed by atoms with Crippen molar-refractivity contribution in [2.24, 2.45) is 0 Å². The van der Waals surface area contributed by atoms with Crippen LogP contribution in [0.25, 0.3) is 0 Å². The summed E-state index contributed by atoms with van der Waals surface area (Å²) in [5.74, 6) is 0. The van der Waals surface area contributed by atoms with Crippen molar-refractivity contribution in [1.82, 2.24) is 5.01 Å². The van der Waals surface area contributed by atoms with E-state index in [-0.39, 0.29) is 6.04 Å². The first kappa shape index (κ1) is 10.5. The molecule has 2 atom stereocenters. The van der Waals surface area contributed by atoms with Gasteiger partial charge in [0.25, 0.3) is 0 Å². The number of rotatable bonds is 1. The van der Waals surface area contributed by atoms with Gasteiger partial charge in [0.2, 0.25) is 6.19 Å². The molecular weight excluding hydrogens is 234 g/mol. The highest BCUT2D eigenvalue weighted by molar-refractivity contribution is 6.30. The molecule has 2 unspecified atom stereocenters. The monoisotopic (exact) mass is 245 g/mol. The minimum atomic E-state index is 0.209. The van der Waals surface area contributed by atoms with Crippen LogP contribution < -0.4 is 5.01 Å². The van der Waals surface area contributed by atoms with Crippen LogP contribution in [-0.2, 0) is 0 Å². The Morgan fingerprint density at radius 2 is 1.76 bits per heavy atom. The molecule has 3 nitrogen and oxygen atoms in total. The molecule has 2 heterocycles. The third-order valence-corrected chi connectivity index (χ3v) is 3.62. The first-order valence-corrected chi connectivity index (χ1v) is 6.09. The molecule has 1 aliphatic carbocycles. The third kappa shape index (κ3) is 1.65. The van der Waals surface area contributed by atoms with Gasteiger partial charge in [-0.05, 0) is 37.1 Å². The zero-order chi connectivity index (χ0) is 11.8. The quantitative estimate of drug-likeness (QED) is 0.563. The number of benzene rings is 1. The van der Waals surface area contributed by atoms with E-state index in [0.717, 1.165) is 23.6 Å². The van der Waals surface area contributed by atoms with Gasteiger partial charge in [-0.3, -0.25) is 5.01 Å². The van der Waals surface area contributed by atoms with Crippen LogP contribution >= 0.6 is 11.6 Å². The summed E-state index contributed by atoms with van der Waals surface area (Å²) in [6, 6.07) is 8.14. The predicted molar refractivity (Wildman–Crippen MR) is 67.3 cm³/mol. The summed E-state index contributed by atoms with van der Waals surface area (Å²) in [6.45, 7) is 0. The molecule has 4 heteroatoms. The molecule has 0 amide bonds. The van der Waals surface area contributed by atoms with Gasteiger partial charge in [-0.2, -0.15) is 5.26 Å². The summed E-state index contributed by atoms with van der Waals surface area (Å²) < 4.78 is 0. The van der Waals surface area contributed by atoms with E-state index in [1.54, 1.807) is 5.01 Å². The number of nitriles is 1. The van der Waals surface area contributed by atoms with Crippen LogP contribution in [0.4, 0.5) is 5.69 Å². The number of halogens is 1. The van der Waals surface area contributed by atoms with Crippen molar-refractivity contribution in [1.29, 1.82) is 5.26 Å². The molecular formula is C13H12ClN3. The second-order valence-electron chi connectivity index (χ2n) is 4.36. The zero-order valence-corrected chi connectivity index (χ0v) is 10.0. The topological polar surface area (TPSA) is 30.3 Å². The van der Waals surface area contributed by atoms with E-state index in [2.05, 4.69) is 23.4 Å². The van der Waals surface area contributed by atoms with Gasteiger partial charge in [-0.1, -0.05) is 23.8 Å². The molecule has 4 rings (SSSR count). The van der Waals surface area contributed by atoms with E-state index in [4.69, 9.17) is 11.6 Å². The number of hydrazine groups is 1. The van der Waals surface area contributed by atoms with Gasteiger partial charge in [0.1, 0.15) is 0 Å². The molecule has 0 spiro atoms. The molecule has 1 saturated heterocycles. The number of hydrogen-bond acceptors (Lipinski definition) is 3. The van der Waals surface area contributed by atoms with Crippen LogP contribution in [0.1, 0.15) is 12.8 Å². The number of anilines is 1. The van der Waals surface area contributed by atoms with Crippen molar-refractivity contribution in [3.63, 3.8) is 0 Å². The van der Waals surface area contributed by atoms with Gasteiger partial charge in [-0.15, -0.1) is 0 Å². The molecule has 86 valence electrons. The predicted octanol–water partition coefficient (Wildman–Crippen LogP) is 2.95. The van der Waals surface area contributed by atoms with Gasteiger partial charge in [0.15, 0.2) is 0 Å². The largest absolute Gasteiger partial charge is 0.269 e. The fourth-order valence-corrected chi connectivity index (χ4v) is 2.68. The van der Waals surface area contributed by atoms with Crippen molar-refractivity contribution in [2.45, 2.75) is 24.9 Å². The summed E-state index contributed by atoms with van der Waals surface area (Å²) in [5.41, 5.74) is 1.02. The van der Waals surface area contributed by atoms with Crippen molar-refractivity contribution in [2.75, 3.05) is 5.01 Å². The Kier molecular flexibility index (Phi) is 2.45. The molecule has 2 aliphatic heterocycles.